The number of methoxy groups -OCH3 is 1. The largest absolute Gasteiger partial charge is 0.494 e. The van der Waals surface area contributed by atoms with Gasteiger partial charge in [-0.15, -0.1) is 0 Å². The van der Waals surface area contributed by atoms with Crippen LogP contribution in [0.1, 0.15) is 0 Å². The fraction of sp³-hybridized carbons (Fsp3) is 0.320. The Labute approximate surface area is 204 Å². The number of aromatic nitrogens is 3. The van der Waals surface area contributed by atoms with Crippen LogP contribution in [0.3, 0.4) is 0 Å². The molecule has 10 nitrogen and oxygen atoms in total. The van der Waals surface area contributed by atoms with E-state index in [2.05, 4.69) is 49.9 Å². The minimum absolute atomic E-state index is 0.261. The molecule has 0 aliphatic carbocycles. The quantitative estimate of drug-likeness (QED) is 0.564. The summed E-state index contributed by atoms with van der Waals surface area (Å²) >= 11 is 0. The number of anilines is 3. The van der Waals surface area contributed by atoms with Gasteiger partial charge in [0.2, 0.25) is 0 Å². The maximum atomic E-state index is 5.72. The topological polar surface area (TPSA) is 92.1 Å². The first-order valence-electron chi connectivity index (χ1n) is 11.6. The van der Waals surface area contributed by atoms with Crippen molar-refractivity contribution in [2.45, 2.75) is 6.29 Å². The summed E-state index contributed by atoms with van der Waals surface area (Å²) in [4.78, 5) is 13.6. The lowest BCUT2D eigenvalue weighted by Crippen LogP contribution is -2.37. The zero-order valence-electron chi connectivity index (χ0n) is 20.2. The van der Waals surface area contributed by atoms with Crippen LogP contribution in [0.4, 0.5) is 17.1 Å². The zero-order chi connectivity index (χ0) is 24.2. The van der Waals surface area contributed by atoms with Crippen molar-refractivity contribution < 1.29 is 9.47 Å². The first-order chi connectivity index (χ1) is 17.1. The van der Waals surface area contributed by atoms with Crippen molar-refractivity contribution in [2.75, 3.05) is 56.0 Å². The number of rotatable bonds is 6. The predicted molar refractivity (Wildman–Crippen MR) is 138 cm³/mol. The van der Waals surface area contributed by atoms with Crippen LogP contribution in [0.5, 0.6) is 5.75 Å². The molecule has 1 atom stereocenters. The number of amidine groups is 1. The van der Waals surface area contributed by atoms with E-state index in [9.17, 15) is 0 Å². The Morgan fingerprint density at radius 3 is 2.57 bits per heavy atom. The fourth-order valence-electron chi connectivity index (χ4n) is 4.11. The van der Waals surface area contributed by atoms with Crippen molar-refractivity contribution in [3.63, 3.8) is 0 Å². The lowest BCUT2D eigenvalue weighted by Gasteiger charge is -2.30. The van der Waals surface area contributed by atoms with E-state index in [1.165, 1.54) is 5.69 Å². The third kappa shape index (κ3) is 5.07. The second kappa shape index (κ2) is 10.1. The van der Waals surface area contributed by atoms with Crippen LogP contribution < -0.4 is 20.3 Å². The number of benzene rings is 2. The Kier molecular flexibility index (Phi) is 6.53. The summed E-state index contributed by atoms with van der Waals surface area (Å²) in [5.41, 5.74) is 3.80. The molecule has 182 valence electrons. The molecule has 35 heavy (non-hydrogen) atoms. The van der Waals surface area contributed by atoms with Crippen LogP contribution in [-0.4, -0.2) is 72.3 Å². The van der Waals surface area contributed by atoms with Gasteiger partial charge in [-0.2, -0.15) is 5.10 Å². The molecule has 0 bridgehead atoms. The summed E-state index contributed by atoms with van der Waals surface area (Å²) < 4.78 is 12.8. The highest BCUT2D eigenvalue weighted by Gasteiger charge is 2.19. The van der Waals surface area contributed by atoms with Gasteiger partial charge in [-0.3, -0.25) is 4.68 Å². The summed E-state index contributed by atoms with van der Waals surface area (Å²) in [7, 11) is 5.47. The normalized spacial score (nSPS) is 17.8. The molecular weight excluding hydrogens is 444 g/mol. The molecule has 2 aliphatic heterocycles. The summed E-state index contributed by atoms with van der Waals surface area (Å²) in [6.07, 6.45) is 5.34. The van der Waals surface area contributed by atoms with Crippen molar-refractivity contribution in [1.29, 1.82) is 0 Å². The molecule has 2 aliphatic rings. The average Bonchev–Trinajstić information content (AvgIpc) is 3.33. The van der Waals surface area contributed by atoms with Gasteiger partial charge < -0.3 is 29.9 Å². The molecule has 3 aromatic rings. The van der Waals surface area contributed by atoms with E-state index in [4.69, 9.17) is 14.5 Å². The van der Waals surface area contributed by atoms with E-state index in [0.29, 0.717) is 11.6 Å². The second-order valence-corrected chi connectivity index (χ2v) is 8.41. The minimum Gasteiger partial charge on any atom is -0.494 e. The Hall–Kier alpha value is -4.05. The molecule has 0 amide bonds. The molecule has 1 saturated heterocycles. The first-order valence-corrected chi connectivity index (χ1v) is 11.6. The van der Waals surface area contributed by atoms with Gasteiger partial charge in [-0.05, 0) is 42.5 Å². The number of para-hydroxylation sites is 1. The zero-order valence-corrected chi connectivity index (χ0v) is 20.2. The Morgan fingerprint density at radius 2 is 1.86 bits per heavy atom. The Morgan fingerprint density at radius 1 is 1.06 bits per heavy atom. The van der Waals surface area contributed by atoms with Gasteiger partial charge in [0.05, 0.1) is 31.6 Å². The van der Waals surface area contributed by atoms with E-state index in [-0.39, 0.29) is 6.29 Å². The molecule has 1 unspecified atom stereocenters. The third-order valence-electron chi connectivity index (χ3n) is 5.98. The monoisotopic (exact) mass is 474 g/mol. The fourth-order valence-corrected chi connectivity index (χ4v) is 4.11. The van der Waals surface area contributed by atoms with E-state index in [1.54, 1.807) is 18.1 Å². The smallest absolute Gasteiger partial charge is 0.198 e. The molecule has 2 aromatic carbocycles. The molecule has 10 heteroatoms. The highest BCUT2D eigenvalue weighted by Crippen LogP contribution is 2.35. The highest BCUT2D eigenvalue weighted by molar-refractivity contribution is 6.05. The standard InChI is InChI=1S/C25H30N8O2/c1-31-12-11-22(28-21-6-4-5-20(23(21)34-3)24-26-17-32(2)30-24)29-25(31)27-18-7-9-19(10-8-18)33-13-15-35-16-14-33/h4-12,17,25,27H,13-16H2,1-3H3,(H,28,29). The number of nitrogens with one attached hydrogen (secondary N) is 2. The molecule has 2 N–H and O–H groups in total. The number of hydrogen-bond acceptors (Lipinski definition) is 9. The van der Waals surface area contributed by atoms with Gasteiger partial charge in [-0.25, -0.2) is 9.98 Å². The second-order valence-electron chi connectivity index (χ2n) is 8.41. The van der Waals surface area contributed by atoms with Crippen molar-refractivity contribution >= 4 is 22.9 Å². The van der Waals surface area contributed by atoms with Crippen molar-refractivity contribution in [3.05, 3.63) is 61.1 Å². The van der Waals surface area contributed by atoms with Crippen LogP contribution >= 0.6 is 0 Å². The number of hydrogen-bond donors (Lipinski definition) is 2. The van der Waals surface area contributed by atoms with Crippen molar-refractivity contribution in [2.24, 2.45) is 12.0 Å². The summed E-state index contributed by atoms with van der Waals surface area (Å²) in [6, 6.07) is 14.3. The molecule has 3 heterocycles. The van der Waals surface area contributed by atoms with Gasteiger partial charge in [0.25, 0.3) is 0 Å². The summed E-state index contributed by atoms with van der Waals surface area (Å²) in [5, 5.41) is 11.3. The van der Waals surface area contributed by atoms with Crippen LogP contribution in [0.15, 0.2) is 66.1 Å². The van der Waals surface area contributed by atoms with Gasteiger partial charge in [0, 0.05) is 44.8 Å². The predicted octanol–water partition coefficient (Wildman–Crippen LogP) is 2.99. The molecule has 0 spiro atoms. The molecule has 0 radical (unpaired) electrons. The summed E-state index contributed by atoms with van der Waals surface area (Å²) in [5.74, 6) is 1.99. The minimum atomic E-state index is -0.261. The lowest BCUT2D eigenvalue weighted by molar-refractivity contribution is 0.122. The van der Waals surface area contributed by atoms with E-state index >= 15 is 0 Å². The SMILES string of the molecule is COc1c(NC2=NC(Nc3ccc(N4CCOCC4)cc3)N(C)C=C2)cccc1-c1ncn(C)n1. The van der Waals surface area contributed by atoms with Crippen LogP contribution in [0, 0.1) is 0 Å². The van der Waals surface area contributed by atoms with E-state index in [0.717, 1.165) is 49.1 Å². The van der Waals surface area contributed by atoms with Crippen LogP contribution in [0.2, 0.25) is 0 Å². The molecular formula is C25H30N8O2. The van der Waals surface area contributed by atoms with Crippen molar-refractivity contribution in [3.8, 4) is 17.1 Å². The lowest BCUT2D eigenvalue weighted by atomic mass is 10.1. The number of aliphatic imine (C=N–C) groups is 1. The highest BCUT2D eigenvalue weighted by atomic mass is 16.5. The number of nitrogens with zero attached hydrogens (tertiary/aromatic N) is 6. The molecule has 0 saturated carbocycles. The molecule has 1 fully saturated rings. The maximum Gasteiger partial charge on any atom is 0.198 e. The van der Waals surface area contributed by atoms with Gasteiger partial charge >= 0.3 is 0 Å². The van der Waals surface area contributed by atoms with Gasteiger partial charge in [-0.1, -0.05) is 6.07 Å². The van der Waals surface area contributed by atoms with Gasteiger partial charge in [0.15, 0.2) is 17.9 Å². The average molecular weight is 475 g/mol. The van der Waals surface area contributed by atoms with E-state index in [1.807, 2.05) is 49.5 Å². The van der Waals surface area contributed by atoms with Crippen LogP contribution in [0.25, 0.3) is 11.4 Å². The maximum absolute atomic E-state index is 5.72. The first kappa shape index (κ1) is 22.7. The Balaban J connectivity index is 1.31. The van der Waals surface area contributed by atoms with Crippen LogP contribution in [-0.2, 0) is 11.8 Å². The molecule has 5 rings (SSSR count). The van der Waals surface area contributed by atoms with E-state index < -0.39 is 0 Å². The van der Waals surface area contributed by atoms with Gasteiger partial charge in [0.1, 0.15) is 12.2 Å². The third-order valence-corrected chi connectivity index (χ3v) is 5.98. The number of aryl methyl sites for hydroxylation is 1. The molecule has 1 aromatic heterocycles. The summed E-state index contributed by atoms with van der Waals surface area (Å²) in [6.45, 7) is 3.39. The number of ether oxygens (including phenoxy) is 2. The van der Waals surface area contributed by atoms with Crippen molar-refractivity contribution in [1.82, 2.24) is 19.7 Å². The number of morpholine rings is 1. The Bertz CT molecular complexity index is 1210.